The summed E-state index contributed by atoms with van der Waals surface area (Å²) < 4.78 is 5.89. The average Bonchev–Trinajstić information content (AvgIpc) is 2.60. The van der Waals surface area contributed by atoms with E-state index in [1.54, 1.807) is 0 Å². The lowest BCUT2D eigenvalue weighted by Crippen LogP contribution is -2.51. The molecule has 2 rings (SSSR count). The fourth-order valence-electron chi connectivity index (χ4n) is 3.63. The third kappa shape index (κ3) is 6.10. The van der Waals surface area contributed by atoms with Gasteiger partial charge in [-0.15, -0.1) is 0 Å². The molecular formula is C21H36N2O. The molecule has 1 aromatic rings. The third-order valence-electron chi connectivity index (χ3n) is 5.07. The number of benzene rings is 1. The summed E-state index contributed by atoms with van der Waals surface area (Å²) in [5.74, 6) is 1.02. The van der Waals surface area contributed by atoms with E-state index in [9.17, 15) is 0 Å². The van der Waals surface area contributed by atoms with Gasteiger partial charge >= 0.3 is 0 Å². The van der Waals surface area contributed by atoms with Crippen molar-refractivity contribution in [3.8, 4) is 5.75 Å². The normalized spacial score (nSPS) is 20.0. The highest BCUT2D eigenvalue weighted by Crippen LogP contribution is 2.22. The first kappa shape index (κ1) is 19.3. The lowest BCUT2D eigenvalue weighted by atomic mass is 9.91. The summed E-state index contributed by atoms with van der Waals surface area (Å²) in [7, 11) is 2.29. The smallest absolute Gasteiger partial charge is 0.119 e. The van der Waals surface area contributed by atoms with Gasteiger partial charge < -0.3 is 15.0 Å². The van der Waals surface area contributed by atoms with Gasteiger partial charge in [0.15, 0.2) is 0 Å². The lowest BCUT2D eigenvalue weighted by Gasteiger charge is -2.38. The van der Waals surface area contributed by atoms with Crippen molar-refractivity contribution in [1.29, 1.82) is 0 Å². The van der Waals surface area contributed by atoms with Crippen LogP contribution in [0.15, 0.2) is 24.3 Å². The van der Waals surface area contributed by atoms with Crippen molar-refractivity contribution in [1.82, 2.24) is 10.2 Å². The molecule has 0 spiro atoms. The summed E-state index contributed by atoms with van der Waals surface area (Å²) in [5.41, 5.74) is 1.39. The minimum Gasteiger partial charge on any atom is -0.494 e. The number of likely N-dealkylation sites (N-methyl/N-ethyl adjacent to an activating group) is 1. The van der Waals surface area contributed by atoms with E-state index in [2.05, 4.69) is 55.4 Å². The minimum atomic E-state index is 0.529. The predicted octanol–water partition coefficient (Wildman–Crippen LogP) is 4.26. The Bertz CT molecular complexity index is 463. The molecule has 1 N–H and O–H groups in total. The molecule has 0 radical (unpaired) electrons. The summed E-state index contributed by atoms with van der Waals surface area (Å²) in [6, 6.07) is 9.88. The minimum absolute atomic E-state index is 0.529. The Morgan fingerprint density at radius 3 is 2.88 bits per heavy atom. The fraction of sp³-hybridized carbons (Fsp3) is 0.714. The number of hydrogen-bond acceptors (Lipinski definition) is 3. The molecule has 1 aromatic carbocycles. The molecule has 0 aliphatic carbocycles. The Hall–Kier alpha value is -1.06. The maximum absolute atomic E-state index is 5.89. The molecule has 1 saturated heterocycles. The first-order valence-electron chi connectivity index (χ1n) is 9.90. The van der Waals surface area contributed by atoms with Crippen LogP contribution in [0, 0.1) is 0 Å². The first-order valence-corrected chi connectivity index (χ1v) is 9.90. The van der Waals surface area contributed by atoms with Crippen LogP contribution in [0.25, 0.3) is 0 Å². The highest BCUT2D eigenvalue weighted by Gasteiger charge is 2.27. The Morgan fingerprint density at radius 1 is 1.25 bits per heavy atom. The fourth-order valence-corrected chi connectivity index (χ4v) is 3.63. The van der Waals surface area contributed by atoms with Crippen LogP contribution < -0.4 is 10.1 Å². The van der Waals surface area contributed by atoms with Crippen molar-refractivity contribution >= 4 is 0 Å². The zero-order valence-electron chi connectivity index (χ0n) is 15.9. The largest absolute Gasteiger partial charge is 0.494 e. The molecule has 3 nitrogen and oxygen atoms in total. The predicted molar refractivity (Wildman–Crippen MR) is 103 cm³/mol. The Morgan fingerprint density at radius 2 is 2.12 bits per heavy atom. The molecule has 2 unspecified atom stereocenters. The van der Waals surface area contributed by atoms with Crippen molar-refractivity contribution in [2.75, 3.05) is 26.7 Å². The quantitative estimate of drug-likeness (QED) is 0.648. The van der Waals surface area contributed by atoms with E-state index in [0.29, 0.717) is 12.1 Å². The number of nitrogens with one attached hydrogen (secondary N) is 1. The monoisotopic (exact) mass is 332 g/mol. The van der Waals surface area contributed by atoms with Crippen LogP contribution in [0.1, 0.15) is 57.9 Å². The maximum atomic E-state index is 5.89. The molecule has 1 aliphatic heterocycles. The second-order valence-electron chi connectivity index (χ2n) is 7.16. The van der Waals surface area contributed by atoms with Gasteiger partial charge in [-0.3, -0.25) is 0 Å². The summed E-state index contributed by atoms with van der Waals surface area (Å²) in [6.07, 6.45) is 8.58. The van der Waals surface area contributed by atoms with Crippen LogP contribution in [0.2, 0.25) is 0 Å². The Kier molecular flexibility index (Phi) is 8.62. The van der Waals surface area contributed by atoms with Gasteiger partial charge in [-0.1, -0.05) is 38.8 Å². The SMILES string of the molecule is CCCCOc1cccc(CC(NCCC)C2CCCCN2C)c1. The van der Waals surface area contributed by atoms with Crippen molar-refractivity contribution in [2.45, 2.75) is 70.9 Å². The van der Waals surface area contributed by atoms with Crippen LogP contribution in [0.4, 0.5) is 0 Å². The van der Waals surface area contributed by atoms with Crippen LogP contribution in [0.5, 0.6) is 5.75 Å². The highest BCUT2D eigenvalue weighted by molar-refractivity contribution is 5.29. The second-order valence-corrected chi connectivity index (χ2v) is 7.16. The molecule has 136 valence electrons. The topological polar surface area (TPSA) is 24.5 Å². The molecule has 0 aromatic heterocycles. The molecule has 0 bridgehead atoms. The van der Waals surface area contributed by atoms with E-state index in [1.807, 2.05) is 0 Å². The second kappa shape index (κ2) is 10.7. The van der Waals surface area contributed by atoms with Gasteiger partial charge in [-0.25, -0.2) is 0 Å². The molecular weight excluding hydrogens is 296 g/mol. The summed E-state index contributed by atoms with van der Waals surface area (Å²) >= 11 is 0. The van der Waals surface area contributed by atoms with E-state index in [-0.39, 0.29) is 0 Å². The molecule has 1 aliphatic rings. The van der Waals surface area contributed by atoms with Gasteiger partial charge in [-0.05, 0) is 69.9 Å². The number of hydrogen-bond donors (Lipinski definition) is 1. The average molecular weight is 333 g/mol. The van der Waals surface area contributed by atoms with E-state index < -0.39 is 0 Å². The van der Waals surface area contributed by atoms with Crippen molar-refractivity contribution < 1.29 is 4.74 Å². The van der Waals surface area contributed by atoms with Crippen LogP contribution in [0.3, 0.4) is 0 Å². The van der Waals surface area contributed by atoms with Gasteiger partial charge in [0.1, 0.15) is 5.75 Å². The van der Waals surface area contributed by atoms with Crippen molar-refractivity contribution in [3.05, 3.63) is 29.8 Å². The number of rotatable bonds is 10. The molecule has 1 heterocycles. The zero-order valence-corrected chi connectivity index (χ0v) is 15.9. The number of likely N-dealkylation sites (tertiary alicyclic amines) is 1. The summed E-state index contributed by atoms with van der Waals surface area (Å²) in [5, 5.41) is 3.81. The van der Waals surface area contributed by atoms with E-state index >= 15 is 0 Å². The number of ether oxygens (including phenoxy) is 1. The summed E-state index contributed by atoms with van der Waals surface area (Å²) in [4.78, 5) is 2.55. The van der Waals surface area contributed by atoms with Crippen LogP contribution in [-0.4, -0.2) is 43.7 Å². The van der Waals surface area contributed by atoms with Gasteiger partial charge in [0.05, 0.1) is 6.61 Å². The Labute approximate surface area is 148 Å². The molecule has 3 heteroatoms. The van der Waals surface area contributed by atoms with Crippen molar-refractivity contribution in [3.63, 3.8) is 0 Å². The first-order chi connectivity index (χ1) is 11.7. The number of piperidine rings is 1. The third-order valence-corrected chi connectivity index (χ3v) is 5.07. The van der Waals surface area contributed by atoms with Crippen LogP contribution in [-0.2, 0) is 6.42 Å². The molecule has 24 heavy (non-hydrogen) atoms. The maximum Gasteiger partial charge on any atom is 0.119 e. The van der Waals surface area contributed by atoms with Crippen molar-refractivity contribution in [2.24, 2.45) is 0 Å². The van der Waals surface area contributed by atoms with Gasteiger partial charge in [0, 0.05) is 12.1 Å². The van der Waals surface area contributed by atoms with Gasteiger partial charge in [0.2, 0.25) is 0 Å². The van der Waals surface area contributed by atoms with Crippen LogP contribution >= 0.6 is 0 Å². The van der Waals surface area contributed by atoms with Gasteiger partial charge in [0.25, 0.3) is 0 Å². The lowest BCUT2D eigenvalue weighted by molar-refractivity contribution is 0.144. The highest BCUT2D eigenvalue weighted by atomic mass is 16.5. The number of nitrogens with zero attached hydrogens (tertiary/aromatic N) is 1. The Balaban J connectivity index is 2.00. The van der Waals surface area contributed by atoms with Gasteiger partial charge in [-0.2, -0.15) is 0 Å². The van der Waals surface area contributed by atoms with E-state index in [1.165, 1.54) is 44.2 Å². The van der Waals surface area contributed by atoms with E-state index in [4.69, 9.17) is 4.74 Å². The number of unbranched alkanes of at least 4 members (excludes halogenated alkanes) is 1. The molecule has 0 amide bonds. The standard InChI is InChI=1S/C21H36N2O/c1-4-6-15-24-19-11-9-10-18(16-19)17-20(22-13-5-2)21-12-7-8-14-23(21)3/h9-11,16,20-22H,4-8,12-15,17H2,1-3H3. The zero-order chi connectivity index (χ0) is 17.2. The summed E-state index contributed by atoms with van der Waals surface area (Å²) in [6.45, 7) is 7.60. The van der Waals surface area contributed by atoms with E-state index in [0.717, 1.165) is 31.7 Å². The molecule has 1 fully saturated rings. The molecule has 2 atom stereocenters. The molecule has 0 saturated carbocycles.